The highest BCUT2D eigenvalue weighted by molar-refractivity contribution is 5.77. The van der Waals surface area contributed by atoms with E-state index in [1.807, 2.05) is 6.20 Å². The Morgan fingerprint density at radius 1 is 1.06 bits per heavy atom. The molecule has 16 heavy (non-hydrogen) atoms. The van der Waals surface area contributed by atoms with Crippen molar-refractivity contribution in [3.8, 4) is 11.1 Å². The van der Waals surface area contributed by atoms with Gasteiger partial charge in [-0.2, -0.15) is 0 Å². The van der Waals surface area contributed by atoms with Crippen LogP contribution in [-0.2, 0) is 6.42 Å². The van der Waals surface area contributed by atoms with Gasteiger partial charge in [0.05, 0.1) is 0 Å². The van der Waals surface area contributed by atoms with E-state index >= 15 is 0 Å². The second kappa shape index (κ2) is 3.44. The predicted molar refractivity (Wildman–Crippen MR) is 66.6 cm³/mol. The lowest BCUT2D eigenvalue weighted by atomic mass is 10.00. The summed E-state index contributed by atoms with van der Waals surface area (Å²) in [5.74, 6) is 0.504. The molecule has 1 aromatic heterocycles. The van der Waals surface area contributed by atoms with Crippen LogP contribution in [0.3, 0.4) is 0 Å². The summed E-state index contributed by atoms with van der Waals surface area (Å²) in [6, 6.07) is 10.8. The summed E-state index contributed by atoms with van der Waals surface area (Å²) in [7, 11) is 0. The molecule has 0 radical (unpaired) electrons. The van der Waals surface area contributed by atoms with Crippen molar-refractivity contribution in [1.29, 1.82) is 0 Å². The summed E-state index contributed by atoms with van der Waals surface area (Å²) < 4.78 is 0. The molecule has 1 nitrogen and oxygen atoms in total. The number of pyridine rings is 1. The summed E-state index contributed by atoms with van der Waals surface area (Å²) in [6.45, 7) is 4.43. The molecule has 0 saturated heterocycles. The van der Waals surface area contributed by atoms with Crippen LogP contribution in [0.4, 0.5) is 0 Å². The lowest BCUT2D eigenvalue weighted by Gasteiger charge is -2.09. The Morgan fingerprint density at radius 2 is 1.88 bits per heavy atom. The first-order chi connectivity index (χ1) is 7.77. The zero-order valence-corrected chi connectivity index (χ0v) is 9.70. The lowest BCUT2D eigenvalue weighted by Crippen LogP contribution is -1.98. The maximum atomic E-state index is 4.53. The lowest BCUT2D eigenvalue weighted by molar-refractivity contribution is 0.808. The van der Waals surface area contributed by atoms with Gasteiger partial charge < -0.3 is 0 Å². The van der Waals surface area contributed by atoms with Crippen molar-refractivity contribution >= 4 is 0 Å². The molecule has 0 amide bonds. The average Bonchev–Trinajstić information content (AvgIpc) is 2.67. The van der Waals surface area contributed by atoms with Crippen molar-refractivity contribution in [1.82, 2.24) is 4.98 Å². The van der Waals surface area contributed by atoms with Crippen LogP contribution in [-0.4, -0.2) is 4.98 Å². The summed E-state index contributed by atoms with van der Waals surface area (Å²) in [4.78, 5) is 4.53. The molecule has 2 aromatic rings. The largest absolute Gasteiger partial charge is 0.261 e. The molecular weight excluding hydrogens is 194 g/mol. The zero-order valence-electron chi connectivity index (χ0n) is 9.70. The molecule has 80 valence electrons. The van der Waals surface area contributed by atoms with Gasteiger partial charge in [-0.25, -0.2) is 0 Å². The first-order valence-electron chi connectivity index (χ1n) is 5.83. The van der Waals surface area contributed by atoms with E-state index < -0.39 is 0 Å². The van der Waals surface area contributed by atoms with Crippen molar-refractivity contribution in [2.24, 2.45) is 0 Å². The Kier molecular flexibility index (Phi) is 2.06. The van der Waals surface area contributed by atoms with Crippen LogP contribution in [0, 0.1) is 0 Å². The molecule has 0 bridgehead atoms. The second-order valence-electron chi connectivity index (χ2n) is 4.71. The van der Waals surface area contributed by atoms with E-state index in [2.05, 4.69) is 49.2 Å². The molecule has 0 spiro atoms. The van der Waals surface area contributed by atoms with Crippen LogP contribution in [0.2, 0.25) is 0 Å². The quantitative estimate of drug-likeness (QED) is 0.594. The van der Waals surface area contributed by atoms with Gasteiger partial charge in [-0.3, -0.25) is 4.98 Å². The molecule has 0 atom stereocenters. The van der Waals surface area contributed by atoms with Crippen LogP contribution < -0.4 is 0 Å². The summed E-state index contributed by atoms with van der Waals surface area (Å²) in [5, 5.41) is 0. The van der Waals surface area contributed by atoms with E-state index in [1.165, 1.54) is 27.9 Å². The first-order valence-corrected chi connectivity index (χ1v) is 5.83. The van der Waals surface area contributed by atoms with Gasteiger partial charge in [0.15, 0.2) is 0 Å². The average molecular weight is 209 g/mol. The molecule has 0 N–H and O–H groups in total. The van der Waals surface area contributed by atoms with Crippen LogP contribution in [0.15, 0.2) is 36.5 Å². The smallest absolute Gasteiger partial charge is 0.0470 e. The van der Waals surface area contributed by atoms with Gasteiger partial charge >= 0.3 is 0 Å². The first kappa shape index (κ1) is 9.59. The third-order valence-corrected chi connectivity index (χ3v) is 3.31. The minimum atomic E-state index is 0.504. The highest BCUT2D eigenvalue weighted by atomic mass is 14.7. The van der Waals surface area contributed by atoms with Gasteiger partial charge in [-0.05, 0) is 34.2 Å². The van der Waals surface area contributed by atoms with Crippen molar-refractivity contribution in [2.45, 2.75) is 26.2 Å². The normalized spacial score (nSPS) is 12.7. The van der Waals surface area contributed by atoms with E-state index in [0.717, 1.165) is 6.42 Å². The van der Waals surface area contributed by atoms with Crippen LogP contribution in [0.5, 0.6) is 0 Å². The fourth-order valence-corrected chi connectivity index (χ4v) is 2.57. The van der Waals surface area contributed by atoms with Crippen LogP contribution in [0.1, 0.15) is 36.6 Å². The molecule has 0 saturated carbocycles. The van der Waals surface area contributed by atoms with Gasteiger partial charge in [0.25, 0.3) is 0 Å². The van der Waals surface area contributed by atoms with Gasteiger partial charge in [0.1, 0.15) is 0 Å². The van der Waals surface area contributed by atoms with E-state index in [9.17, 15) is 0 Å². The highest BCUT2D eigenvalue weighted by Gasteiger charge is 2.21. The van der Waals surface area contributed by atoms with Crippen LogP contribution >= 0.6 is 0 Å². The molecular formula is C15H15N. The van der Waals surface area contributed by atoms with E-state index in [1.54, 1.807) is 0 Å². The standard InChI is InChI=1S/C15H15N/c1-10(2)15-14-9-11-5-3-4-6-12(11)13(14)7-8-16-15/h3-8,10H,9H2,1-2H3. The van der Waals surface area contributed by atoms with Gasteiger partial charge in [0.2, 0.25) is 0 Å². The fourth-order valence-electron chi connectivity index (χ4n) is 2.57. The van der Waals surface area contributed by atoms with Crippen molar-refractivity contribution < 1.29 is 0 Å². The van der Waals surface area contributed by atoms with Crippen molar-refractivity contribution in [3.05, 3.63) is 53.3 Å². The van der Waals surface area contributed by atoms with Gasteiger partial charge in [-0.1, -0.05) is 38.1 Å². The molecule has 1 aromatic carbocycles. The number of benzene rings is 1. The summed E-state index contributed by atoms with van der Waals surface area (Å²) in [6.07, 6.45) is 2.99. The Morgan fingerprint density at radius 3 is 2.69 bits per heavy atom. The van der Waals surface area contributed by atoms with Gasteiger partial charge in [0, 0.05) is 18.3 Å². The SMILES string of the molecule is CC(C)c1nccc2c1Cc1ccccc1-2. The van der Waals surface area contributed by atoms with Crippen LogP contribution in [0.25, 0.3) is 11.1 Å². The number of fused-ring (bicyclic) bond motifs is 3. The molecule has 0 fully saturated rings. The minimum Gasteiger partial charge on any atom is -0.261 e. The Balaban J connectivity index is 2.24. The van der Waals surface area contributed by atoms with E-state index in [4.69, 9.17) is 0 Å². The molecule has 1 heterocycles. The third kappa shape index (κ3) is 1.28. The predicted octanol–water partition coefficient (Wildman–Crippen LogP) is 3.78. The second-order valence-corrected chi connectivity index (χ2v) is 4.71. The summed E-state index contributed by atoms with van der Waals surface area (Å²) >= 11 is 0. The molecule has 0 aliphatic heterocycles. The Labute approximate surface area is 96.2 Å². The Bertz CT molecular complexity index is 541. The number of hydrogen-bond donors (Lipinski definition) is 0. The van der Waals surface area contributed by atoms with E-state index in [-0.39, 0.29) is 0 Å². The van der Waals surface area contributed by atoms with Crippen molar-refractivity contribution in [3.63, 3.8) is 0 Å². The zero-order chi connectivity index (χ0) is 11.1. The number of rotatable bonds is 1. The number of nitrogens with zero attached hydrogens (tertiary/aromatic N) is 1. The Hall–Kier alpha value is -1.63. The monoisotopic (exact) mass is 209 g/mol. The molecule has 1 heteroatoms. The molecule has 1 aliphatic rings. The van der Waals surface area contributed by atoms with Gasteiger partial charge in [-0.15, -0.1) is 0 Å². The molecule has 3 rings (SSSR count). The topological polar surface area (TPSA) is 12.9 Å². The molecule has 1 aliphatic carbocycles. The number of aromatic nitrogens is 1. The third-order valence-electron chi connectivity index (χ3n) is 3.31. The highest BCUT2D eigenvalue weighted by Crippen LogP contribution is 2.38. The van der Waals surface area contributed by atoms with Crippen molar-refractivity contribution in [2.75, 3.05) is 0 Å². The maximum absolute atomic E-state index is 4.53. The molecule has 0 unspecified atom stereocenters. The minimum absolute atomic E-state index is 0.504. The van der Waals surface area contributed by atoms with E-state index in [0.29, 0.717) is 5.92 Å². The number of hydrogen-bond acceptors (Lipinski definition) is 1. The fraction of sp³-hybridized carbons (Fsp3) is 0.267. The maximum Gasteiger partial charge on any atom is 0.0470 e. The summed E-state index contributed by atoms with van der Waals surface area (Å²) in [5.41, 5.74) is 6.90.